The molecular weight excluding hydrogens is 240 g/mol. The molecule has 1 rings (SSSR count). The molecule has 1 saturated heterocycles. The molecule has 0 aromatic rings. The van der Waals surface area contributed by atoms with Gasteiger partial charge in [-0.05, 0) is 45.1 Å². The second-order valence-electron chi connectivity index (χ2n) is 6.55. The number of carboxylic acid groups (broad SMARTS) is 1. The first-order chi connectivity index (χ1) is 8.80. The minimum absolute atomic E-state index is 0.457. The molecule has 0 bridgehead atoms. The van der Waals surface area contributed by atoms with Gasteiger partial charge >= 0.3 is 5.97 Å². The number of hydrogen-bond donors (Lipinski definition) is 2. The zero-order valence-corrected chi connectivity index (χ0v) is 13.1. The molecule has 0 aromatic carbocycles. The molecule has 0 aromatic heterocycles. The Bertz CT molecular complexity index is 309. The van der Waals surface area contributed by atoms with Crippen molar-refractivity contribution in [2.45, 2.75) is 59.0 Å². The number of carbonyl (C=O) groups is 1. The van der Waals surface area contributed by atoms with E-state index < -0.39 is 11.5 Å². The van der Waals surface area contributed by atoms with Crippen LogP contribution in [0.4, 0.5) is 0 Å². The van der Waals surface area contributed by atoms with Gasteiger partial charge in [-0.1, -0.05) is 20.8 Å². The van der Waals surface area contributed by atoms with Crippen LogP contribution >= 0.6 is 0 Å². The van der Waals surface area contributed by atoms with Crippen molar-refractivity contribution in [3.63, 3.8) is 0 Å². The molecule has 1 fully saturated rings. The molecule has 2 N–H and O–H groups in total. The van der Waals surface area contributed by atoms with Crippen LogP contribution in [0.5, 0.6) is 0 Å². The number of carboxylic acids is 1. The molecule has 0 spiro atoms. The van der Waals surface area contributed by atoms with Crippen molar-refractivity contribution in [1.29, 1.82) is 0 Å². The highest BCUT2D eigenvalue weighted by molar-refractivity contribution is 5.78. The Labute approximate surface area is 117 Å². The van der Waals surface area contributed by atoms with Gasteiger partial charge in [-0.3, -0.25) is 9.69 Å². The first-order valence-corrected chi connectivity index (χ1v) is 7.52. The molecule has 1 aliphatic heterocycles. The zero-order chi connectivity index (χ0) is 14.6. The van der Waals surface area contributed by atoms with E-state index in [1.807, 2.05) is 6.92 Å². The molecule has 0 radical (unpaired) electrons. The van der Waals surface area contributed by atoms with Crippen LogP contribution in [0.3, 0.4) is 0 Å². The van der Waals surface area contributed by atoms with Crippen molar-refractivity contribution in [3.05, 3.63) is 0 Å². The molecule has 112 valence electrons. The third-order valence-corrected chi connectivity index (χ3v) is 4.48. The average molecular weight is 270 g/mol. The fourth-order valence-electron chi connectivity index (χ4n) is 3.05. The monoisotopic (exact) mass is 270 g/mol. The van der Waals surface area contributed by atoms with Gasteiger partial charge in [-0.15, -0.1) is 0 Å². The van der Waals surface area contributed by atoms with Crippen LogP contribution in [-0.4, -0.2) is 47.2 Å². The van der Waals surface area contributed by atoms with E-state index in [9.17, 15) is 9.90 Å². The number of nitrogens with zero attached hydrogens (tertiary/aromatic N) is 1. The highest BCUT2D eigenvalue weighted by Crippen LogP contribution is 2.28. The van der Waals surface area contributed by atoms with Crippen LogP contribution in [0.1, 0.15) is 47.5 Å². The molecule has 1 aliphatic rings. The molecule has 4 atom stereocenters. The summed E-state index contributed by atoms with van der Waals surface area (Å²) >= 11 is 0. The van der Waals surface area contributed by atoms with Gasteiger partial charge in [0.15, 0.2) is 0 Å². The Kier molecular flexibility index (Phi) is 5.81. The smallest absolute Gasteiger partial charge is 0.324 e. The number of piperidine rings is 1. The van der Waals surface area contributed by atoms with Crippen LogP contribution in [0, 0.1) is 11.8 Å². The van der Waals surface area contributed by atoms with Gasteiger partial charge in [0.25, 0.3) is 0 Å². The summed E-state index contributed by atoms with van der Waals surface area (Å²) in [6.07, 6.45) is 2.19. The number of rotatable bonds is 6. The van der Waals surface area contributed by atoms with Gasteiger partial charge in [0.05, 0.1) is 0 Å². The number of likely N-dealkylation sites (tertiary alicyclic amines) is 1. The second kappa shape index (κ2) is 6.71. The Morgan fingerprint density at radius 2 is 2.05 bits per heavy atom. The maximum absolute atomic E-state index is 11.6. The van der Waals surface area contributed by atoms with Crippen molar-refractivity contribution in [1.82, 2.24) is 10.2 Å². The highest BCUT2D eigenvalue weighted by atomic mass is 16.4. The van der Waals surface area contributed by atoms with Crippen LogP contribution < -0.4 is 5.32 Å². The summed E-state index contributed by atoms with van der Waals surface area (Å²) in [5, 5.41) is 12.7. The summed E-state index contributed by atoms with van der Waals surface area (Å²) in [6.45, 7) is 12.9. The van der Waals surface area contributed by atoms with E-state index in [2.05, 4.69) is 37.9 Å². The standard InChI is InChI=1S/C15H30N2O2/c1-6-7-16-15(5,14(18)19)10-17-9-11(2)8-12(3)13(17)4/h11-13,16H,6-10H2,1-5H3,(H,18,19). The predicted molar refractivity (Wildman–Crippen MR) is 78.3 cm³/mol. The molecule has 4 nitrogen and oxygen atoms in total. The summed E-state index contributed by atoms with van der Waals surface area (Å²) in [6, 6.07) is 0.457. The number of aliphatic carboxylic acids is 1. The average Bonchev–Trinajstić information content (AvgIpc) is 2.32. The summed E-state index contributed by atoms with van der Waals surface area (Å²) in [4.78, 5) is 13.9. The quantitative estimate of drug-likeness (QED) is 0.777. The third-order valence-electron chi connectivity index (χ3n) is 4.48. The Morgan fingerprint density at radius 1 is 1.42 bits per heavy atom. The van der Waals surface area contributed by atoms with Gasteiger partial charge in [-0.25, -0.2) is 0 Å². The van der Waals surface area contributed by atoms with Crippen LogP contribution in [0.2, 0.25) is 0 Å². The summed E-state index contributed by atoms with van der Waals surface area (Å²) in [5.74, 6) is 0.530. The largest absolute Gasteiger partial charge is 0.480 e. The lowest BCUT2D eigenvalue weighted by Crippen LogP contribution is -2.60. The number of nitrogens with one attached hydrogen (secondary N) is 1. The van der Waals surface area contributed by atoms with Gasteiger partial charge in [-0.2, -0.15) is 0 Å². The minimum Gasteiger partial charge on any atom is -0.480 e. The maximum atomic E-state index is 11.6. The summed E-state index contributed by atoms with van der Waals surface area (Å²) in [7, 11) is 0. The first-order valence-electron chi connectivity index (χ1n) is 7.52. The predicted octanol–water partition coefficient (Wildman–Crippen LogP) is 2.20. The molecular formula is C15H30N2O2. The maximum Gasteiger partial charge on any atom is 0.324 e. The van der Waals surface area contributed by atoms with Crippen molar-refractivity contribution in [2.75, 3.05) is 19.6 Å². The van der Waals surface area contributed by atoms with Gasteiger partial charge in [0.1, 0.15) is 5.54 Å². The van der Waals surface area contributed by atoms with Crippen molar-refractivity contribution in [3.8, 4) is 0 Å². The van der Waals surface area contributed by atoms with Crippen molar-refractivity contribution in [2.24, 2.45) is 11.8 Å². The lowest BCUT2D eigenvalue weighted by molar-refractivity contribution is -0.145. The molecule has 0 amide bonds. The zero-order valence-electron chi connectivity index (χ0n) is 13.1. The Balaban J connectivity index is 2.74. The lowest BCUT2D eigenvalue weighted by Gasteiger charge is -2.44. The fourth-order valence-corrected chi connectivity index (χ4v) is 3.05. The molecule has 0 aliphatic carbocycles. The first kappa shape index (κ1) is 16.4. The lowest BCUT2D eigenvalue weighted by atomic mass is 9.84. The molecule has 1 heterocycles. The van der Waals surface area contributed by atoms with E-state index in [1.54, 1.807) is 0 Å². The van der Waals surface area contributed by atoms with Gasteiger partial charge in [0, 0.05) is 19.1 Å². The summed E-state index contributed by atoms with van der Waals surface area (Å²) in [5.41, 5.74) is -0.846. The van der Waals surface area contributed by atoms with Crippen LogP contribution in [-0.2, 0) is 4.79 Å². The topological polar surface area (TPSA) is 52.6 Å². The molecule has 19 heavy (non-hydrogen) atoms. The van der Waals surface area contributed by atoms with Crippen molar-refractivity contribution >= 4 is 5.97 Å². The normalized spacial score (nSPS) is 31.9. The molecule has 4 unspecified atom stereocenters. The van der Waals surface area contributed by atoms with E-state index in [1.165, 1.54) is 6.42 Å². The molecule has 4 heteroatoms. The van der Waals surface area contributed by atoms with Gasteiger partial charge < -0.3 is 10.4 Å². The van der Waals surface area contributed by atoms with E-state index in [0.29, 0.717) is 24.4 Å². The minimum atomic E-state index is -0.846. The van der Waals surface area contributed by atoms with E-state index >= 15 is 0 Å². The number of hydrogen-bond acceptors (Lipinski definition) is 3. The SMILES string of the molecule is CCCNC(C)(CN1CC(C)CC(C)C1C)C(=O)O. The van der Waals surface area contributed by atoms with Gasteiger partial charge in [0.2, 0.25) is 0 Å². The highest BCUT2D eigenvalue weighted by Gasteiger charge is 2.38. The second-order valence-corrected chi connectivity index (χ2v) is 6.55. The van der Waals surface area contributed by atoms with E-state index in [0.717, 1.165) is 19.5 Å². The Hall–Kier alpha value is -0.610. The van der Waals surface area contributed by atoms with Crippen molar-refractivity contribution < 1.29 is 9.90 Å². The third kappa shape index (κ3) is 4.18. The summed E-state index contributed by atoms with van der Waals surface area (Å²) < 4.78 is 0. The molecule has 0 saturated carbocycles. The van der Waals surface area contributed by atoms with E-state index in [4.69, 9.17) is 0 Å². The Morgan fingerprint density at radius 3 is 2.58 bits per heavy atom. The fraction of sp³-hybridized carbons (Fsp3) is 0.933. The van der Waals surface area contributed by atoms with Crippen LogP contribution in [0.15, 0.2) is 0 Å². The van der Waals surface area contributed by atoms with E-state index in [-0.39, 0.29) is 0 Å². The van der Waals surface area contributed by atoms with Crippen LogP contribution in [0.25, 0.3) is 0 Å².